The van der Waals surface area contributed by atoms with Crippen LogP contribution in [0.4, 0.5) is 0 Å². The topological polar surface area (TPSA) is 65.1 Å². The van der Waals surface area contributed by atoms with Gasteiger partial charge in [-0.3, -0.25) is 9.59 Å². The number of benzene rings is 1. The van der Waals surface area contributed by atoms with Crippen molar-refractivity contribution in [3.8, 4) is 5.75 Å². The van der Waals surface area contributed by atoms with Crippen molar-refractivity contribution < 1.29 is 14.3 Å². The first-order chi connectivity index (χ1) is 15.1. The number of nitrogens with zero attached hydrogens (tertiary/aromatic N) is 3. The molecule has 2 fully saturated rings. The van der Waals surface area contributed by atoms with Crippen LogP contribution < -0.4 is 10.1 Å². The van der Waals surface area contributed by atoms with Crippen LogP contribution in [0.15, 0.2) is 36.4 Å². The predicted octanol–water partition coefficient (Wildman–Crippen LogP) is 1.35. The van der Waals surface area contributed by atoms with E-state index in [-0.39, 0.29) is 23.7 Å². The van der Waals surface area contributed by atoms with Gasteiger partial charge in [0.1, 0.15) is 12.4 Å². The molecule has 7 heteroatoms. The van der Waals surface area contributed by atoms with Gasteiger partial charge < -0.3 is 24.8 Å². The van der Waals surface area contributed by atoms with Crippen molar-refractivity contribution in [2.75, 3.05) is 59.5 Å². The molecule has 3 aliphatic rings. The standard InChI is InChI=1S/C24H34N4O3/c1-26-10-12-27(13-11-26)23(29)15-19-8-9-28-18-21(19)6-4-14-31-22-7-3-2-5-20(22)16-25-17-24(28)30/h2-7,19,21,25H,8-18H2,1H3/t19-,21-/m0/s1. The summed E-state index contributed by atoms with van der Waals surface area (Å²) in [5.41, 5.74) is 1.05. The number of carbonyl (C=O) groups excluding carboxylic acids is 2. The van der Waals surface area contributed by atoms with Gasteiger partial charge in [0, 0.05) is 57.8 Å². The number of piperidine rings is 1. The van der Waals surface area contributed by atoms with Crippen LogP contribution >= 0.6 is 0 Å². The largest absolute Gasteiger partial charge is 0.489 e. The molecule has 0 saturated carbocycles. The second-order valence-corrected chi connectivity index (χ2v) is 8.89. The van der Waals surface area contributed by atoms with Crippen LogP contribution in [0.5, 0.6) is 5.75 Å². The third kappa shape index (κ3) is 5.66. The van der Waals surface area contributed by atoms with Crippen molar-refractivity contribution in [2.45, 2.75) is 19.4 Å². The molecular weight excluding hydrogens is 392 g/mol. The second kappa shape index (κ2) is 10.3. The quantitative estimate of drug-likeness (QED) is 0.724. The van der Waals surface area contributed by atoms with Crippen molar-refractivity contribution in [3.05, 3.63) is 42.0 Å². The summed E-state index contributed by atoms with van der Waals surface area (Å²) in [5, 5.41) is 3.27. The highest BCUT2D eigenvalue weighted by molar-refractivity contribution is 5.79. The van der Waals surface area contributed by atoms with Gasteiger partial charge in [-0.2, -0.15) is 0 Å². The molecule has 4 rings (SSSR count). The Balaban J connectivity index is 1.44. The fraction of sp³-hybridized carbons (Fsp3) is 0.583. The Labute approximate surface area is 185 Å². The molecular formula is C24H34N4O3. The van der Waals surface area contributed by atoms with Crippen molar-refractivity contribution in [1.29, 1.82) is 0 Å². The Morgan fingerprint density at radius 1 is 1.13 bits per heavy atom. The zero-order valence-corrected chi connectivity index (χ0v) is 18.5. The molecule has 31 heavy (non-hydrogen) atoms. The van der Waals surface area contributed by atoms with E-state index in [0.29, 0.717) is 32.7 Å². The fourth-order valence-electron chi connectivity index (χ4n) is 4.71. The summed E-state index contributed by atoms with van der Waals surface area (Å²) >= 11 is 0. The maximum Gasteiger partial charge on any atom is 0.236 e. The first-order valence-corrected chi connectivity index (χ1v) is 11.4. The molecule has 0 spiro atoms. The van der Waals surface area contributed by atoms with Crippen molar-refractivity contribution in [2.24, 2.45) is 11.8 Å². The van der Waals surface area contributed by atoms with Gasteiger partial charge in [0.25, 0.3) is 0 Å². The summed E-state index contributed by atoms with van der Waals surface area (Å²) in [6.07, 6.45) is 5.63. The summed E-state index contributed by atoms with van der Waals surface area (Å²) in [5.74, 6) is 1.66. The van der Waals surface area contributed by atoms with E-state index >= 15 is 0 Å². The number of fused-ring (bicyclic) bond motifs is 3. The summed E-state index contributed by atoms with van der Waals surface area (Å²) in [6, 6.07) is 7.93. The Morgan fingerprint density at radius 2 is 1.94 bits per heavy atom. The van der Waals surface area contributed by atoms with Crippen LogP contribution in [0.1, 0.15) is 18.4 Å². The molecule has 2 saturated heterocycles. The molecule has 0 radical (unpaired) electrons. The van der Waals surface area contributed by atoms with Crippen molar-refractivity contribution in [1.82, 2.24) is 20.0 Å². The number of hydrogen-bond donors (Lipinski definition) is 1. The van der Waals surface area contributed by atoms with Crippen molar-refractivity contribution >= 4 is 11.8 Å². The zero-order valence-electron chi connectivity index (χ0n) is 18.5. The molecule has 7 nitrogen and oxygen atoms in total. The lowest BCUT2D eigenvalue weighted by molar-refractivity contribution is -0.135. The molecule has 0 aromatic heterocycles. The van der Waals surface area contributed by atoms with E-state index in [9.17, 15) is 9.59 Å². The maximum absolute atomic E-state index is 12.9. The molecule has 0 aliphatic carbocycles. The minimum absolute atomic E-state index is 0.125. The van der Waals surface area contributed by atoms with Gasteiger partial charge in [0.2, 0.25) is 11.8 Å². The molecule has 1 aromatic carbocycles. The highest BCUT2D eigenvalue weighted by Crippen LogP contribution is 2.29. The molecule has 1 N–H and O–H groups in total. The van der Waals surface area contributed by atoms with E-state index in [0.717, 1.165) is 50.5 Å². The van der Waals surface area contributed by atoms with Crippen LogP contribution in [0, 0.1) is 11.8 Å². The Kier molecular flexibility index (Phi) is 7.25. The highest BCUT2D eigenvalue weighted by atomic mass is 16.5. The molecule has 1 aromatic rings. The molecule has 168 valence electrons. The third-order valence-electron chi connectivity index (χ3n) is 6.73. The normalized spacial score (nSPS) is 25.6. The highest BCUT2D eigenvalue weighted by Gasteiger charge is 2.32. The number of nitrogens with one attached hydrogen (secondary N) is 1. The fourth-order valence-corrected chi connectivity index (χ4v) is 4.71. The molecule has 2 amide bonds. The molecule has 2 bridgehead atoms. The molecule has 2 atom stereocenters. The van der Waals surface area contributed by atoms with Gasteiger partial charge in [-0.15, -0.1) is 0 Å². The van der Waals surface area contributed by atoms with Gasteiger partial charge in [0.15, 0.2) is 0 Å². The number of ether oxygens (including phenoxy) is 1. The Morgan fingerprint density at radius 3 is 2.77 bits per heavy atom. The van der Waals surface area contributed by atoms with E-state index in [1.165, 1.54) is 0 Å². The lowest BCUT2D eigenvalue weighted by Gasteiger charge is -2.39. The average Bonchev–Trinajstić information content (AvgIpc) is 2.79. The Hall–Kier alpha value is -2.38. The molecule has 3 aliphatic heterocycles. The molecule has 3 heterocycles. The number of para-hydroxylation sites is 1. The summed E-state index contributed by atoms with van der Waals surface area (Å²) < 4.78 is 5.98. The van der Waals surface area contributed by atoms with E-state index in [1.54, 1.807) is 0 Å². The average molecular weight is 427 g/mol. The summed E-state index contributed by atoms with van der Waals surface area (Å²) in [4.78, 5) is 31.9. The lowest BCUT2D eigenvalue weighted by Crippen LogP contribution is -2.49. The first-order valence-electron chi connectivity index (χ1n) is 11.4. The van der Waals surface area contributed by atoms with Gasteiger partial charge in [-0.05, 0) is 31.4 Å². The summed E-state index contributed by atoms with van der Waals surface area (Å²) in [6.45, 7) is 6.30. The van der Waals surface area contributed by atoms with Gasteiger partial charge in [0.05, 0.1) is 6.54 Å². The van der Waals surface area contributed by atoms with E-state index in [4.69, 9.17) is 4.74 Å². The number of amides is 2. The minimum atomic E-state index is 0.125. The van der Waals surface area contributed by atoms with Crippen molar-refractivity contribution in [3.63, 3.8) is 0 Å². The van der Waals surface area contributed by atoms with Gasteiger partial charge in [-0.25, -0.2) is 0 Å². The smallest absolute Gasteiger partial charge is 0.236 e. The molecule has 0 unspecified atom stereocenters. The van der Waals surface area contributed by atoms with Crippen LogP contribution in [0.25, 0.3) is 0 Å². The zero-order chi connectivity index (χ0) is 21.6. The van der Waals surface area contributed by atoms with Crippen LogP contribution in [0.2, 0.25) is 0 Å². The number of hydrogen-bond acceptors (Lipinski definition) is 5. The first kappa shape index (κ1) is 21.8. The number of piperazine rings is 1. The predicted molar refractivity (Wildman–Crippen MR) is 120 cm³/mol. The maximum atomic E-state index is 12.9. The van der Waals surface area contributed by atoms with Crippen LogP contribution in [-0.2, 0) is 16.1 Å². The van der Waals surface area contributed by atoms with E-state index in [2.05, 4.69) is 23.3 Å². The number of likely N-dealkylation sites (N-methyl/N-ethyl adjacent to an activating group) is 1. The monoisotopic (exact) mass is 426 g/mol. The van der Waals surface area contributed by atoms with E-state index in [1.807, 2.05) is 40.1 Å². The van der Waals surface area contributed by atoms with E-state index < -0.39 is 0 Å². The SMILES string of the molecule is CN1CCN(C(=O)C[C@@H]2CCN3C[C@@H]2C=CCOc2ccccc2CNCC3=O)CC1. The Bertz CT molecular complexity index is 804. The number of carbonyl (C=O) groups is 2. The van der Waals surface area contributed by atoms with Gasteiger partial charge in [-0.1, -0.05) is 30.4 Å². The number of rotatable bonds is 2. The lowest BCUT2D eigenvalue weighted by atomic mass is 9.82. The van der Waals surface area contributed by atoms with Crippen LogP contribution in [0.3, 0.4) is 0 Å². The van der Waals surface area contributed by atoms with Crippen LogP contribution in [-0.4, -0.2) is 86.0 Å². The second-order valence-electron chi connectivity index (χ2n) is 8.89. The summed E-state index contributed by atoms with van der Waals surface area (Å²) in [7, 11) is 2.10. The van der Waals surface area contributed by atoms with Gasteiger partial charge >= 0.3 is 0 Å². The minimum Gasteiger partial charge on any atom is -0.489 e. The third-order valence-corrected chi connectivity index (χ3v) is 6.73.